The van der Waals surface area contributed by atoms with Crippen molar-refractivity contribution in [2.75, 3.05) is 57.7 Å². The van der Waals surface area contributed by atoms with Crippen LogP contribution in [0.15, 0.2) is 35.0 Å². The SMILES string of the molecule is Cc1cccc(NCC2CCN(CC(=O)N3CCN(Cc4ccsc4)CC3)C2)n1. The molecule has 1 N–H and O–H groups in total. The molecule has 6 nitrogen and oxygen atoms in total. The predicted molar refractivity (Wildman–Crippen MR) is 118 cm³/mol. The average Bonchev–Trinajstić information content (AvgIpc) is 3.39. The lowest BCUT2D eigenvalue weighted by molar-refractivity contribution is -0.134. The molecule has 1 atom stereocenters. The number of anilines is 1. The van der Waals surface area contributed by atoms with E-state index in [1.54, 1.807) is 11.3 Å². The molecule has 2 aliphatic heterocycles. The Labute approximate surface area is 177 Å². The lowest BCUT2D eigenvalue weighted by atomic mass is 10.1. The van der Waals surface area contributed by atoms with Crippen LogP contribution in [0.5, 0.6) is 0 Å². The number of nitrogens with zero attached hydrogens (tertiary/aromatic N) is 4. The number of likely N-dealkylation sites (tertiary alicyclic amines) is 1. The molecule has 0 bridgehead atoms. The Morgan fingerprint density at radius 2 is 2.03 bits per heavy atom. The molecule has 0 spiro atoms. The summed E-state index contributed by atoms with van der Waals surface area (Å²) in [5.41, 5.74) is 2.41. The Balaban J connectivity index is 1.16. The first-order valence-electron chi connectivity index (χ1n) is 10.6. The van der Waals surface area contributed by atoms with Crippen molar-refractivity contribution in [2.45, 2.75) is 19.9 Å². The number of piperazine rings is 1. The van der Waals surface area contributed by atoms with Crippen LogP contribution < -0.4 is 5.32 Å². The van der Waals surface area contributed by atoms with E-state index in [1.165, 1.54) is 5.56 Å². The van der Waals surface area contributed by atoms with E-state index in [0.717, 1.165) is 70.3 Å². The number of hydrogen-bond acceptors (Lipinski definition) is 6. The first-order chi connectivity index (χ1) is 14.2. The molecule has 4 heterocycles. The normalized spacial score (nSPS) is 20.9. The fourth-order valence-electron chi connectivity index (χ4n) is 4.20. The number of thiophene rings is 1. The van der Waals surface area contributed by atoms with Crippen LogP contribution in [0, 0.1) is 12.8 Å². The molecule has 2 aromatic rings. The molecule has 2 aromatic heterocycles. The molecular formula is C22H31N5OS. The molecule has 0 aliphatic carbocycles. The molecule has 4 rings (SSSR count). The maximum atomic E-state index is 12.7. The molecule has 2 saturated heterocycles. The van der Waals surface area contributed by atoms with Gasteiger partial charge in [-0.25, -0.2) is 4.98 Å². The Morgan fingerprint density at radius 3 is 2.79 bits per heavy atom. The number of pyridine rings is 1. The van der Waals surface area contributed by atoms with Crippen molar-refractivity contribution in [3.8, 4) is 0 Å². The van der Waals surface area contributed by atoms with Crippen molar-refractivity contribution in [2.24, 2.45) is 5.92 Å². The van der Waals surface area contributed by atoms with Gasteiger partial charge in [-0.3, -0.25) is 14.6 Å². The van der Waals surface area contributed by atoms with Crippen molar-refractivity contribution in [1.29, 1.82) is 0 Å². The summed E-state index contributed by atoms with van der Waals surface area (Å²) in [5, 5.41) is 7.79. The third-order valence-electron chi connectivity index (χ3n) is 5.90. The Kier molecular flexibility index (Phi) is 6.79. The number of hydrogen-bond donors (Lipinski definition) is 1. The number of carbonyl (C=O) groups is 1. The second kappa shape index (κ2) is 9.69. The Morgan fingerprint density at radius 1 is 1.17 bits per heavy atom. The van der Waals surface area contributed by atoms with Crippen molar-refractivity contribution in [3.05, 3.63) is 46.3 Å². The number of rotatable bonds is 7. The minimum absolute atomic E-state index is 0.286. The standard InChI is InChI=1S/C22H31N5OS/c1-18-3-2-4-21(24-18)23-13-19-5-7-26(14-19)16-22(28)27-10-8-25(9-11-27)15-20-6-12-29-17-20/h2-4,6,12,17,19H,5,7-11,13-16H2,1H3,(H,23,24). The number of aromatic nitrogens is 1. The van der Waals surface area contributed by atoms with E-state index in [4.69, 9.17) is 0 Å². The number of carbonyl (C=O) groups excluding carboxylic acids is 1. The third-order valence-corrected chi connectivity index (χ3v) is 6.63. The summed E-state index contributed by atoms with van der Waals surface area (Å²) >= 11 is 1.75. The van der Waals surface area contributed by atoms with Gasteiger partial charge in [-0.05, 0) is 60.3 Å². The fourth-order valence-corrected chi connectivity index (χ4v) is 4.86. The fraction of sp³-hybridized carbons (Fsp3) is 0.545. The Hall–Kier alpha value is -1.96. The zero-order chi connectivity index (χ0) is 20.1. The van der Waals surface area contributed by atoms with Gasteiger partial charge in [0.15, 0.2) is 0 Å². The maximum Gasteiger partial charge on any atom is 0.236 e. The highest BCUT2D eigenvalue weighted by Gasteiger charge is 2.27. The van der Waals surface area contributed by atoms with E-state index >= 15 is 0 Å². The predicted octanol–water partition coefficient (Wildman–Crippen LogP) is 2.53. The molecule has 1 amide bonds. The van der Waals surface area contributed by atoms with Crippen LogP contribution in [-0.4, -0.2) is 77.9 Å². The number of nitrogens with one attached hydrogen (secondary N) is 1. The van der Waals surface area contributed by atoms with Crippen LogP contribution in [0.2, 0.25) is 0 Å². The van der Waals surface area contributed by atoms with E-state index in [9.17, 15) is 4.79 Å². The summed E-state index contributed by atoms with van der Waals surface area (Å²) in [7, 11) is 0. The van der Waals surface area contributed by atoms with Crippen LogP contribution in [-0.2, 0) is 11.3 Å². The largest absolute Gasteiger partial charge is 0.370 e. The molecule has 1 unspecified atom stereocenters. The summed E-state index contributed by atoms with van der Waals surface area (Å²) in [6.07, 6.45) is 1.14. The zero-order valence-corrected chi connectivity index (χ0v) is 18.0. The molecular weight excluding hydrogens is 382 g/mol. The van der Waals surface area contributed by atoms with E-state index in [2.05, 4.69) is 36.9 Å². The molecule has 29 heavy (non-hydrogen) atoms. The van der Waals surface area contributed by atoms with Gasteiger partial charge in [0.25, 0.3) is 0 Å². The van der Waals surface area contributed by atoms with Crippen molar-refractivity contribution < 1.29 is 4.79 Å². The van der Waals surface area contributed by atoms with Gasteiger partial charge in [-0.2, -0.15) is 11.3 Å². The summed E-state index contributed by atoms with van der Waals surface area (Å²) in [6.45, 7) is 10.1. The second-order valence-electron chi connectivity index (χ2n) is 8.22. The van der Waals surface area contributed by atoms with Crippen LogP contribution >= 0.6 is 11.3 Å². The molecule has 0 aromatic carbocycles. The molecule has 2 fully saturated rings. The lowest BCUT2D eigenvalue weighted by Crippen LogP contribution is -2.50. The van der Waals surface area contributed by atoms with Gasteiger partial charge in [0.1, 0.15) is 5.82 Å². The first kappa shape index (κ1) is 20.3. The van der Waals surface area contributed by atoms with Gasteiger partial charge >= 0.3 is 0 Å². The van der Waals surface area contributed by atoms with Crippen LogP contribution in [0.4, 0.5) is 5.82 Å². The van der Waals surface area contributed by atoms with E-state index < -0.39 is 0 Å². The van der Waals surface area contributed by atoms with E-state index in [1.807, 2.05) is 30.0 Å². The maximum absolute atomic E-state index is 12.7. The van der Waals surface area contributed by atoms with Gasteiger partial charge in [0.2, 0.25) is 5.91 Å². The quantitative estimate of drug-likeness (QED) is 0.756. The molecule has 156 valence electrons. The van der Waals surface area contributed by atoms with Gasteiger partial charge in [0.05, 0.1) is 6.54 Å². The topological polar surface area (TPSA) is 51.7 Å². The molecule has 0 saturated carbocycles. The van der Waals surface area contributed by atoms with Gasteiger partial charge < -0.3 is 10.2 Å². The molecule has 7 heteroatoms. The Bertz CT molecular complexity index is 788. The highest BCUT2D eigenvalue weighted by atomic mass is 32.1. The highest BCUT2D eigenvalue weighted by molar-refractivity contribution is 7.07. The van der Waals surface area contributed by atoms with Crippen LogP contribution in [0.1, 0.15) is 17.7 Å². The van der Waals surface area contributed by atoms with Crippen LogP contribution in [0.3, 0.4) is 0 Å². The summed E-state index contributed by atoms with van der Waals surface area (Å²) in [5.74, 6) is 1.81. The number of amides is 1. The first-order valence-corrected chi connectivity index (χ1v) is 11.5. The second-order valence-corrected chi connectivity index (χ2v) is 9.00. The van der Waals surface area contributed by atoms with Gasteiger partial charge in [0, 0.05) is 51.5 Å². The monoisotopic (exact) mass is 413 g/mol. The smallest absolute Gasteiger partial charge is 0.236 e. The van der Waals surface area contributed by atoms with Crippen molar-refractivity contribution in [1.82, 2.24) is 19.7 Å². The highest BCUT2D eigenvalue weighted by Crippen LogP contribution is 2.18. The third kappa shape index (κ3) is 5.78. The van der Waals surface area contributed by atoms with Gasteiger partial charge in [-0.15, -0.1) is 0 Å². The van der Waals surface area contributed by atoms with Gasteiger partial charge in [-0.1, -0.05) is 6.07 Å². The number of aryl methyl sites for hydroxylation is 1. The van der Waals surface area contributed by atoms with E-state index in [0.29, 0.717) is 12.5 Å². The zero-order valence-electron chi connectivity index (χ0n) is 17.2. The van der Waals surface area contributed by atoms with Crippen LogP contribution in [0.25, 0.3) is 0 Å². The summed E-state index contributed by atoms with van der Waals surface area (Å²) < 4.78 is 0. The summed E-state index contributed by atoms with van der Waals surface area (Å²) in [4.78, 5) is 24.1. The lowest BCUT2D eigenvalue weighted by Gasteiger charge is -2.35. The minimum Gasteiger partial charge on any atom is -0.370 e. The van der Waals surface area contributed by atoms with Crippen molar-refractivity contribution >= 4 is 23.1 Å². The molecule has 0 radical (unpaired) electrons. The average molecular weight is 414 g/mol. The van der Waals surface area contributed by atoms with Crippen molar-refractivity contribution in [3.63, 3.8) is 0 Å². The minimum atomic E-state index is 0.286. The molecule has 2 aliphatic rings. The summed E-state index contributed by atoms with van der Waals surface area (Å²) in [6, 6.07) is 8.25. The van der Waals surface area contributed by atoms with E-state index in [-0.39, 0.29) is 5.91 Å².